The van der Waals surface area contributed by atoms with Crippen molar-refractivity contribution in [3.63, 3.8) is 0 Å². The number of rotatable bonds is 8. The Balaban J connectivity index is 2.07. The monoisotopic (exact) mass is 288 g/mol. The lowest BCUT2D eigenvalue weighted by Crippen LogP contribution is -2.21. The van der Waals surface area contributed by atoms with Crippen molar-refractivity contribution in [2.24, 2.45) is 0 Å². The van der Waals surface area contributed by atoms with Gasteiger partial charge in [0.25, 0.3) is 0 Å². The van der Waals surface area contributed by atoms with Crippen LogP contribution in [0.5, 0.6) is 0 Å². The molecule has 3 nitrogen and oxygen atoms in total. The van der Waals surface area contributed by atoms with Crippen molar-refractivity contribution in [2.75, 3.05) is 18.5 Å². The Kier molecular flexibility index (Phi) is 5.80. The molecular formula is C18H28N2O. The van der Waals surface area contributed by atoms with Gasteiger partial charge in [-0.25, -0.2) is 0 Å². The molecule has 0 radical (unpaired) electrons. The largest absolute Gasteiger partial charge is 0.315 e. The van der Waals surface area contributed by atoms with Crippen molar-refractivity contribution in [3.05, 3.63) is 29.3 Å². The smallest absolute Gasteiger partial charge is 0.231 e. The number of hydrogen-bond acceptors (Lipinski definition) is 2. The third-order valence-electron chi connectivity index (χ3n) is 4.38. The third-order valence-corrected chi connectivity index (χ3v) is 4.38. The van der Waals surface area contributed by atoms with E-state index in [9.17, 15) is 4.79 Å². The predicted molar refractivity (Wildman–Crippen MR) is 88.7 cm³/mol. The highest BCUT2D eigenvalue weighted by Crippen LogP contribution is 2.31. The number of amides is 1. The van der Waals surface area contributed by atoms with Crippen molar-refractivity contribution >= 4 is 11.6 Å². The zero-order valence-corrected chi connectivity index (χ0v) is 13.6. The number of anilines is 1. The van der Waals surface area contributed by atoms with Crippen LogP contribution in [0.1, 0.15) is 63.1 Å². The van der Waals surface area contributed by atoms with Crippen molar-refractivity contribution in [3.8, 4) is 0 Å². The Bertz CT molecular complexity index is 484. The van der Waals surface area contributed by atoms with Crippen LogP contribution in [0.2, 0.25) is 0 Å². The van der Waals surface area contributed by atoms with Gasteiger partial charge in [0.05, 0.1) is 6.42 Å². The number of carbonyl (C=O) groups excluding carboxylic acids is 1. The van der Waals surface area contributed by atoms with Crippen LogP contribution in [-0.4, -0.2) is 19.5 Å². The maximum Gasteiger partial charge on any atom is 0.231 e. The van der Waals surface area contributed by atoms with E-state index in [0.29, 0.717) is 12.5 Å². The van der Waals surface area contributed by atoms with Crippen molar-refractivity contribution in [1.29, 1.82) is 0 Å². The van der Waals surface area contributed by atoms with E-state index in [2.05, 4.69) is 37.4 Å². The Morgan fingerprint density at radius 1 is 1.24 bits per heavy atom. The predicted octanol–water partition coefficient (Wildman–Crippen LogP) is 3.83. The zero-order chi connectivity index (χ0) is 15.2. The zero-order valence-electron chi connectivity index (χ0n) is 13.6. The van der Waals surface area contributed by atoms with Gasteiger partial charge in [0.15, 0.2) is 0 Å². The number of nitrogens with one attached hydrogen (secondary N) is 1. The molecule has 1 atom stereocenters. The molecule has 1 amide bonds. The van der Waals surface area contributed by atoms with Gasteiger partial charge >= 0.3 is 0 Å². The van der Waals surface area contributed by atoms with Gasteiger partial charge in [-0.2, -0.15) is 0 Å². The number of nitrogens with zero attached hydrogens (tertiary/aromatic N) is 1. The average Bonchev–Trinajstić information content (AvgIpc) is 2.77. The second-order valence-electron chi connectivity index (χ2n) is 5.98. The number of unbranched alkanes of at least 4 members (excludes halogenated alkanes) is 3. The summed E-state index contributed by atoms with van der Waals surface area (Å²) in [7, 11) is 1.86. The first kappa shape index (κ1) is 16.0. The van der Waals surface area contributed by atoms with Gasteiger partial charge in [0.1, 0.15) is 0 Å². The molecule has 0 bridgehead atoms. The summed E-state index contributed by atoms with van der Waals surface area (Å²) in [6, 6.07) is 6.93. The lowest BCUT2D eigenvalue weighted by molar-refractivity contribution is -0.117. The Morgan fingerprint density at radius 3 is 2.76 bits per heavy atom. The number of benzene rings is 1. The normalized spacial score (nSPS) is 15.4. The highest BCUT2D eigenvalue weighted by Gasteiger charge is 2.24. The topological polar surface area (TPSA) is 32.3 Å². The fourth-order valence-corrected chi connectivity index (χ4v) is 3.12. The maximum absolute atomic E-state index is 11.8. The number of hydrogen-bond donors (Lipinski definition) is 1. The van der Waals surface area contributed by atoms with Gasteiger partial charge in [0.2, 0.25) is 5.91 Å². The SMILES string of the molecule is CCCCCCC(NCC)c1ccc2c(c1)CC(=O)N2C. The van der Waals surface area contributed by atoms with Gasteiger partial charge < -0.3 is 10.2 Å². The minimum Gasteiger partial charge on any atom is -0.315 e. The average molecular weight is 288 g/mol. The molecule has 1 aromatic rings. The molecule has 0 fully saturated rings. The van der Waals surface area contributed by atoms with E-state index in [1.54, 1.807) is 4.90 Å². The van der Waals surface area contributed by atoms with Gasteiger partial charge in [0, 0.05) is 18.8 Å². The highest BCUT2D eigenvalue weighted by molar-refractivity contribution is 6.00. The first-order valence-electron chi connectivity index (χ1n) is 8.30. The molecule has 3 heteroatoms. The summed E-state index contributed by atoms with van der Waals surface area (Å²) in [5.74, 6) is 0.199. The third kappa shape index (κ3) is 3.85. The number of likely N-dealkylation sites (N-methyl/N-ethyl adjacent to an activating group) is 1. The van der Waals surface area contributed by atoms with Crippen LogP contribution in [0, 0.1) is 0 Å². The fraction of sp³-hybridized carbons (Fsp3) is 0.611. The molecule has 116 valence electrons. The second kappa shape index (κ2) is 7.60. The Hall–Kier alpha value is -1.35. The lowest BCUT2D eigenvalue weighted by atomic mass is 9.97. The molecule has 1 unspecified atom stereocenters. The number of fused-ring (bicyclic) bond motifs is 1. The lowest BCUT2D eigenvalue weighted by Gasteiger charge is -2.20. The molecule has 0 saturated carbocycles. The van der Waals surface area contributed by atoms with Gasteiger partial charge in [-0.15, -0.1) is 0 Å². The quantitative estimate of drug-likeness (QED) is 0.737. The van der Waals surface area contributed by atoms with Crippen LogP contribution >= 0.6 is 0 Å². The van der Waals surface area contributed by atoms with Crippen molar-refractivity contribution < 1.29 is 4.79 Å². The molecule has 21 heavy (non-hydrogen) atoms. The molecule has 0 saturated heterocycles. The fourth-order valence-electron chi connectivity index (χ4n) is 3.12. The minimum absolute atomic E-state index is 0.199. The van der Waals surface area contributed by atoms with E-state index in [1.807, 2.05) is 7.05 Å². The minimum atomic E-state index is 0.199. The van der Waals surface area contributed by atoms with Gasteiger partial charge in [-0.05, 0) is 30.2 Å². The van der Waals surface area contributed by atoms with E-state index in [-0.39, 0.29) is 5.91 Å². The Labute approximate surface area is 128 Å². The summed E-state index contributed by atoms with van der Waals surface area (Å²) in [6.45, 7) is 5.38. The summed E-state index contributed by atoms with van der Waals surface area (Å²) in [5.41, 5.74) is 3.58. The van der Waals surface area contributed by atoms with Crippen LogP contribution in [0.3, 0.4) is 0 Å². The van der Waals surface area contributed by atoms with Crippen LogP contribution in [-0.2, 0) is 11.2 Å². The second-order valence-corrected chi connectivity index (χ2v) is 5.98. The molecule has 1 aromatic carbocycles. The molecule has 0 aromatic heterocycles. The van der Waals surface area contributed by atoms with Crippen molar-refractivity contribution in [1.82, 2.24) is 5.32 Å². The molecule has 0 aliphatic carbocycles. The van der Waals surface area contributed by atoms with E-state index in [1.165, 1.54) is 43.2 Å². The standard InChI is InChI=1S/C18H28N2O/c1-4-6-7-8-9-16(19-5-2)14-10-11-17-15(12-14)13-18(21)20(17)3/h10-12,16,19H,4-9,13H2,1-3H3. The maximum atomic E-state index is 11.8. The first-order valence-corrected chi connectivity index (χ1v) is 8.30. The molecule has 1 N–H and O–H groups in total. The van der Waals surface area contributed by atoms with Crippen LogP contribution in [0.25, 0.3) is 0 Å². The van der Waals surface area contributed by atoms with Crippen LogP contribution < -0.4 is 10.2 Å². The van der Waals surface area contributed by atoms with E-state index < -0.39 is 0 Å². The van der Waals surface area contributed by atoms with Gasteiger partial charge in [-0.1, -0.05) is 51.7 Å². The molecule has 0 spiro atoms. The van der Waals surface area contributed by atoms with Crippen LogP contribution in [0.15, 0.2) is 18.2 Å². The summed E-state index contributed by atoms with van der Waals surface area (Å²) in [5, 5.41) is 3.59. The summed E-state index contributed by atoms with van der Waals surface area (Å²) >= 11 is 0. The summed E-state index contributed by atoms with van der Waals surface area (Å²) in [4.78, 5) is 13.6. The van der Waals surface area contributed by atoms with Crippen LogP contribution in [0.4, 0.5) is 5.69 Å². The summed E-state index contributed by atoms with van der Waals surface area (Å²) in [6.07, 6.45) is 6.90. The molecule has 1 heterocycles. The molecule has 2 rings (SSSR count). The number of carbonyl (C=O) groups is 1. The molecule has 1 aliphatic heterocycles. The van der Waals surface area contributed by atoms with E-state index in [4.69, 9.17) is 0 Å². The molecule has 1 aliphatic rings. The Morgan fingerprint density at radius 2 is 2.05 bits per heavy atom. The molecular weight excluding hydrogens is 260 g/mol. The van der Waals surface area contributed by atoms with Gasteiger partial charge in [-0.3, -0.25) is 4.79 Å². The first-order chi connectivity index (χ1) is 10.2. The van der Waals surface area contributed by atoms with Crippen molar-refractivity contribution in [2.45, 2.75) is 58.4 Å². The van der Waals surface area contributed by atoms with E-state index >= 15 is 0 Å². The summed E-state index contributed by atoms with van der Waals surface area (Å²) < 4.78 is 0. The highest BCUT2D eigenvalue weighted by atomic mass is 16.2. The van der Waals surface area contributed by atoms with E-state index in [0.717, 1.165) is 12.2 Å².